The first-order valence-corrected chi connectivity index (χ1v) is 6.34. The smallest absolute Gasteiger partial charge is 0.224 e. The van der Waals surface area contributed by atoms with E-state index in [9.17, 15) is 4.79 Å². The van der Waals surface area contributed by atoms with Crippen molar-refractivity contribution in [2.45, 2.75) is 19.5 Å². The average molecular weight is 279 g/mol. The predicted octanol–water partition coefficient (Wildman–Crippen LogP) is 1.98. The van der Waals surface area contributed by atoms with E-state index in [4.69, 9.17) is 11.6 Å². The lowest BCUT2D eigenvalue weighted by molar-refractivity contribution is -0.130. The third kappa shape index (κ3) is 4.06. The van der Waals surface area contributed by atoms with Crippen molar-refractivity contribution in [1.82, 2.24) is 19.7 Å². The van der Waals surface area contributed by atoms with E-state index >= 15 is 0 Å². The lowest BCUT2D eigenvalue weighted by atomic mass is 10.2. The molecule has 1 aromatic carbocycles. The lowest BCUT2D eigenvalue weighted by Gasteiger charge is -2.17. The minimum absolute atomic E-state index is 0.0653. The third-order valence-corrected chi connectivity index (χ3v) is 2.99. The van der Waals surface area contributed by atoms with E-state index in [1.165, 1.54) is 6.33 Å². The van der Waals surface area contributed by atoms with E-state index < -0.39 is 0 Å². The molecule has 19 heavy (non-hydrogen) atoms. The van der Waals surface area contributed by atoms with Gasteiger partial charge < -0.3 is 4.90 Å². The molecule has 0 atom stereocenters. The molecule has 0 unspecified atom stereocenters. The number of aryl methyl sites for hydroxylation is 1. The summed E-state index contributed by atoms with van der Waals surface area (Å²) < 4.78 is 1.64. The summed E-state index contributed by atoms with van der Waals surface area (Å²) >= 11 is 5.91. The predicted molar refractivity (Wildman–Crippen MR) is 72.6 cm³/mol. The first kappa shape index (κ1) is 13.5. The molecule has 2 aromatic rings. The van der Waals surface area contributed by atoms with Crippen LogP contribution in [0, 0.1) is 0 Å². The SMILES string of the molecule is CN(Cc1cccc(Cl)c1)C(=O)CCn1cncn1. The summed E-state index contributed by atoms with van der Waals surface area (Å²) in [6.07, 6.45) is 3.46. The Hall–Kier alpha value is -1.88. The number of carbonyl (C=O) groups is 1. The molecule has 1 aromatic heterocycles. The van der Waals surface area contributed by atoms with E-state index in [1.54, 1.807) is 23.0 Å². The van der Waals surface area contributed by atoms with E-state index in [1.807, 2.05) is 24.3 Å². The third-order valence-electron chi connectivity index (χ3n) is 2.76. The fourth-order valence-corrected chi connectivity index (χ4v) is 1.96. The number of rotatable bonds is 5. The molecule has 0 N–H and O–H groups in total. The summed E-state index contributed by atoms with van der Waals surface area (Å²) in [7, 11) is 1.78. The Labute approximate surface area is 116 Å². The molecule has 0 saturated carbocycles. The van der Waals surface area contributed by atoms with Crippen molar-refractivity contribution in [1.29, 1.82) is 0 Å². The number of aromatic nitrogens is 3. The highest BCUT2D eigenvalue weighted by molar-refractivity contribution is 6.30. The van der Waals surface area contributed by atoms with Crippen molar-refractivity contribution in [3.63, 3.8) is 0 Å². The average Bonchev–Trinajstić information content (AvgIpc) is 2.89. The number of nitrogens with zero attached hydrogens (tertiary/aromatic N) is 4. The Morgan fingerprint density at radius 1 is 1.47 bits per heavy atom. The van der Waals surface area contributed by atoms with Gasteiger partial charge in [-0.2, -0.15) is 5.10 Å². The Morgan fingerprint density at radius 2 is 2.32 bits per heavy atom. The Morgan fingerprint density at radius 3 is 3.00 bits per heavy atom. The monoisotopic (exact) mass is 278 g/mol. The molecule has 1 heterocycles. The highest BCUT2D eigenvalue weighted by Crippen LogP contribution is 2.12. The summed E-state index contributed by atoms with van der Waals surface area (Å²) in [5, 5.41) is 4.64. The van der Waals surface area contributed by atoms with Crippen LogP contribution < -0.4 is 0 Å². The van der Waals surface area contributed by atoms with Gasteiger partial charge in [-0.1, -0.05) is 23.7 Å². The van der Waals surface area contributed by atoms with Crippen LogP contribution >= 0.6 is 11.6 Å². The Kier molecular flexibility index (Phi) is 4.52. The van der Waals surface area contributed by atoms with E-state index in [2.05, 4.69) is 10.1 Å². The van der Waals surface area contributed by atoms with Crippen LogP contribution in [-0.2, 0) is 17.9 Å². The standard InChI is InChI=1S/C13H15ClN4O/c1-17(8-11-3-2-4-12(14)7-11)13(19)5-6-18-10-15-9-16-18/h2-4,7,9-10H,5-6,8H2,1H3. The zero-order valence-electron chi connectivity index (χ0n) is 10.7. The van der Waals surface area contributed by atoms with Crippen LogP contribution in [0.25, 0.3) is 0 Å². The summed E-state index contributed by atoms with van der Waals surface area (Å²) in [5.41, 5.74) is 1.02. The van der Waals surface area contributed by atoms with Gasteiger partial charge in [0.05, 0.1) is 6.54 Å². The van der Waals surface area contributed by atoms with Gasteiger partial charge in [0.25, 0.3) is 0 Å². The molecule has 100 valence electrons. The van der Waals surface area contributed by atoms with E-state index in [0.29, 0.717) is 24.5 Å². The van der Waals surface area contributed by atoms with Crippen LogP contribution in [0.15, 0.2) is 36.9 Å². The van der Waals surface area contributed by atoms with Crippen molar-refractivity contribution in [2.75, 3.05) is 7.05 Å². The summed E-state index contributed by atoms with van der Waals surface area (Å²) in [5.74, 6) is 0.0653. The summed E-state index contributed by atoms with van der Waals surface area (Å²) in [6, 6.07) is 7.51. The Bertz CT molecular complexity index is 541. The number of hydrogen-bond donors (Lipinski definition) is 0. The Balaban J connectivity index is 1.85. The van der Waals surface area contributed by atoms with Gasteiger partial charge in [-0.25, -0.2) is 4.98 Å². The van der Waals surface area contributed by atoms with Crippen molar-refractivity contribution < 1.29 is 4.79 Å². The second-order valence-corrected chi connectivity index (χ2v) is 4.72. The summed E-state index contributed by atoms with van der Waals surface area (Å²) in [4.78, 5) is 17.5. The maximum absolute atomic E-state index is 12.0. The molecule has 0 fully saturated rings. The van der Waals surface area contributed by atoms with Crippen LogP contribution in [0.1, 0.15) is 12.0 Å². The lowest BCUT2D eigenvalue weighted by Crippen LogP contribution is -2.27. The quantitative estimate of drug-likeness (QED) is 0.840. The second-order valence-electron chi connectivity index (χ2n) is 4.29. The van der Waals surface area contributed by atoms with Gasteiger partial charge in [0, 0.05) is 25.0 Å². The fourth-order valence-electron chi connectivity index (χ4n) is 1.75. The molecular formula is C13H15ClN4O. The van der Waals surface area contributed by atoms with Gasteiger partial charge in [-0.3, -0.25) is 9.48 Å². The molecule has 1 amide bonds. The number of carbonyl (C=O) groups excluding carboxylic acids is 1. The molecule has 0 aliphatic heterocycles. The second kappa shape index (κ2) is 6.33. The highest BCUT2D eigenvalue weighted by Gasteiger charge is 2.09. The minimum atomic E-state index is 0.0653. The molecule has 0 bridgehead atoms. The van der Waals surface area contributed by atoms with Gasteiger partial charge >= 0.3 is 0 Å². The zero-order chi connectivity index (χ0) is 13.7. The topological polar surface area (TPSA) is 51.0 Å². The molecule has 0 spiro atoms. The van der Waals surface area contributed by atoms with Crippen LogP contribution in [0.2, 0.25) is 5.02 Å². The van der Waals surface area contributed by atoms with Gasteiger partial charge in [-0.15, -0.1) is 0 Å². The number of halogens is 1. The van der Waals surface area contributed by atoms with Gasteiger partial charge in [0.2, 0.25) is 5.91 Å². The molecule has 5 nitrogen and oxygen atoms in total. The van der Waals surface area contributed by atoms with Crippen LogP contribution in [-0.4, -0.2) is 32.6 Å². The first-order valence-electron chi connectivity index (χ1n) is 5.96. The van der Waals surface area contributed by atoms with Crippen LogP contribution in [0.5, 0.6) is 0 Å². The van der Waals surface area contributed by atoms with Gasteiger partial charge in [-0.05, 0) is 17.7 Å². The number of amides is 1. The molecular weight excluding hydrogens is 264 g/mol. The molecule has 0 aliphatic rings. The highest BCUT2D eigenvalue weighted by atomic mass is 35.5. The molecule has 0 radical (unpaired) electrons. The maximum atomic E-state index is 12.0. The van der Waals surface area contributed by atoms with Crippen molar-refractivity contribution >= 4 is 17.5 Å². The molecule has 0 aliphatic carbocycles. The molecule has 0 saturated heterocycles. The van der Waals surface area contributed by atoms with Crippen molar-refractivity contribution in [3.05, 3.63) is 47.5 Å². The molecule has 2 rings (SSSR count). The molecule has 6 heteroatoms. The van der Waals surface area contributed by atoms with Crippen LogP contribution in [0.3, 0.4) is 0 Å². The number of benzene rings is 1. The summed E-state index contributed by atoms with van der Waals surface area (Å²) in [6.45, 7) is 1.09. The minimum Gasteiger partial charge on any atom is -0.341 e. The van der Waals surface area contributed by atoms with E-state index in [-0.39, 0.29) is 5.91 Å². The van der Waals surface area contributed by atoms with Crippen molar-refractivity contribution in [2.24, 2.45) is 0 Å². The van der Waals surface area contributed by atoms with Crippen molar-refractivity contribution in [3.8, 4) is 0 Å². The maximum Gasteiger partial charge on any atom is 0.224 e. The normalized spacial score (nSPS) is 10.4. The van der Waals surface area contributed by atoms with Crippen LogP contribution in [0.4, 0.5) is 0 Å². The largest absolute Gasteiger partial charge is 0.341 e. The zero-order valence-corrected chi connectivity index (χ0v) is 11.4. The fraction of sp³-hybridized carbons (Fsp3) is 0.308. The first-order chi connectivity index (χ1) is 9.15. The van der Waals surface area contributed by atoms with E-state index in [0.717, 1.165) is 5.56 Å². The van der Waals surface area contributed by atoms with Gasteiger partial charge in [0.15, 0.2) is 0 Å². The number of hydrogen-bond acceptors (Lipinski definition) is 3. The van der Waals surface area contributed by atoms with Gasteiger partial charge in [0.1, 0.15) is 12.7 Å².